The van der Waals surface area contributed by atoms with Crippen molar-refractivity contribution in [3.05, 3.63) is 53.2 Å². The summed E-state index contributed by atoms with van der Waals surface area (Å²) in [6, 6.07) is 7.78. The number of aromatic nitrogens is 4. The molecule has 7 heteroatoms. The van der Waals surface area contributed by atoms with Crippen molar-refractivity contribution >= 4 is 17.4 Å². The Labute approximate surface area is 132 Å². The van der Waals surface area contributed by atoms with Crippen molar-refractivity contribution < 1.29 is 4.52 Å². The predicted octanol–water partition coefficient (Wildman–Crippen LogP) is 3.14. The molecule has 0 spiro atoms. The molecule has 2 heterocycles. The fourth-order valence-corrected chi connectivity index (χ4v) is 2.14. The molecule has 0 amide bonds. The third kappa shape index (κ3) is 3.40. The van der Waals surface area contributed by atoms with Crippen LogP contribution in [0.15, 0.2) is 41.3 Å². The van der Waals surface area contributed by atoms with Gasteiger partial charge in [0.25, 0.3) is 5.89 Å². The quantitative estimate of drug-likeness (QED) is 0.779. The summed E-state index contributed by atoms with van der Waals surface area (Å²) in [6.45, 7) is 2.49. The van der Waals surface area contributed by atoms with Gasteiger partial charge < -0.3 is 9.84 Å². The molecule has 0 aliphatic carbocycles. The Hall–Kier alpha value is -2.47. The van der Waals surface area contributed by atoms with E-state index in [2.05, 4.69) is 25.4 Å². The Kier molecular flexibility index (Phi) is 4.29. The van der Waals surface area contributed by atoms with Crippen LogP contribution in [-0.4, -0.2) is 26.7 Å². The van der Waals surface area contributed by atoms with Gasteiger partial charge in [-0.1, -0.05) is 28.9 Å². The van der Waals surface area contributed by atoms with Crippen LogP contribution in [0.3, 0.4) is 0 Å². The summed E-state index contributed by atoms with van der Waals surface area (Å²) in [5, 5.41) is 7.80. The van der Waals surface area contributed by atoms with E-state index in [0.29, 0.717) is 23.1 Å². The fraction of sp³-hybridized carbons (Fsp3) is 0.200. The summed E-state index contributed by atoms with van der Waals surface area (Å²) in [6.07, 6.45) is 3.99. The first-order valence-corrected chi connectivity index (χ1v) is 7.19. The standard InChI is InChI=1S/C15H14ClN5O/c1-10-20-15(22-21-10)13-8-17-9-19-14(13)18-7-6-11-2-4-12(16)5-3-11/h2-5,8-9H,6-7H2,1H3,(H,17,18,19). The van der Waals surface area contributed by atoms with Crippen LogP contribution < -0.4 is 5.32 Å². The Morgan fingerprint density at radius 3 is 2.77 bits per heavy atom. The minimum Gasteiger partial charge on any atom is -0.369 e. The van der Waals surface area contributed by atoms with E-state index in [4.69, 9.17) is 16.1 Å². The van der Waals surface area contributed by atoms with E-state index in [-0.39, 0.29) is 0 Å². The average molecular weight is 316 g/mol. The molecule has 0 aliphatic rings. The molecular formula is C15H14ClN5O. The number of benzene rings is 1. The Bertz CT molecular complexity index is 757. The second-order valence-electron chi connectivity index (χ2n) is 4.74. The molecular weight excluding hydrogens is 302 g/mol. The molecule has 0 unspecified atom stereocenters. The summed E-state index contributed by atoms with van der Waals surface area (Å²) in [4.78, 5) is 12.5. The lowest BCUT2D eigenvalue weighted by Gasteiger charge is -2.08. The van der Waals surface area contributed by atoms with Crippen LogP contribution in [-0.2, 0) is 6.42 Å². The molecule has 0 bridgehead atoms. The summed E-state index contributed by atoms with van der Waals surface area (Å²) in [5.41, 5.74) is 1.89. The summed E-state index contributed by atoms with van der Waals surface area (Å²) < 4.78 is 5.17. The monoisotopic (exact) mass is 315 g/mol. The molecule has 0 atom stereocenters. The second-order valence-corrected chi connectivity index (χ2v) is 5.17. The molecule has 3 aromatic rings. The number of halogens is 1. The lowest BCUT2D eigenvalue weighted by molar-refractivity contribution is 0.425. The van der Waals surface area contributed by atoms with E-state index in [1.807, 2.05) is 24.3 Å². The lowest BCUT2D eigenvalue weighted by Crippen LogP contribution is -2.07. The van der Waals surface area contributed by atoms with Crippen molar-refractivity contribution in [2.75, 3.05) is 11.9 Å². The van der Waals surface area contributed by atoms with Crippen LogP contribution >= 0.6 is 11.6 Å². The van der Waals surface area contributed by atoms with E-state index >= 15 is 0 Å². The number of hydrogen-bond donors (Lipinski definition) is 1. The number of hydrogen-bond acceptors (Lipinski definition) is 6. The number of aryl methyl sites for hydroxylation is 1. The first-order valence-electron chi connectivity index (χ1n) is 6.81. The number of nitrogens with zero attached hydrogens (tertiary/aromatic N) is 4. The maximum absolute atomic E-state index is 5.88. The Morgan fingerprint density at radius 2 is 2.05 bits per heavy atom. The highest BCUT2D eigenvalue weighted by Crippen LogP contribution is 2.23. The second kappa shape index (κ2) is 6.53. The van der Waals surface area contributed by atoms with Crippen LogP contribution in [0.5, 0.6) is 0 Å². The number of nitrogens with one attached hydrogen (secondary N) is 1. The highest BCUT2D eigenvalue weighted by atomic mass is 35.5. The molecule has 0 aliphatic heterocycles. The van der Waals surface area contributed by atoms with Gasteiger partial charge in [0.15, 0.2) is 5.82 Å². The smallest absolute Gasteiger partial charge is 0.263 e. The molecule has 0 saturated carbocycles. The van der Waals surface area contributed by atoms with Crippen molar-refractivity contribution in [1.29, 1.82) is 0 Å². The molecule has 2 aromatic heterocycles. The Balaban J connectivity index is 1.69. The topological polar surface area (TPSA) is 76.7 Å². The largest absolute Gasteiger partial charge is 0.369 e. The molecule has 0 fully saturated rings. The zero-order chi connectivity index (χ0) is 15.4. The van der Waals surface area contributed by atoms with E-state index < -0.39 is 0 Å². The van der Waals surface area contributed by atoms with Crippen LogP contribution in [0.2, 0.25) is 5.02 Å². The van der Waals surface area contributed by atoms with Gasteiger partial charge >= 0.3 is 0 Å². The van der Waals surface area contributed by atoms with Crippen molar-refractivity contribution in [3.8, 4) is 11.5 Å². The van der Waals surface area contributed by atoms with Gasteiger partial charge in [-0.3, -0.25) is 0 Å². The van der Waals surface area contributed by atoms with Gasteiger partial charge in [0, 0.05) is 17.8 Å². The Morgan fingerprint density at radius 1 is 1.23 bits per heavy atom. The van der Waals surface area contributed by atoms with E-state index in [9.17, 15) is 0 Å². The highest BCUT2D eigenvalue weighted by Gasteiger charge is 2.12. The van der Waals surface area contributed by atoms with Gasteiger partial charge in [0.2, 0.25) is 0 Å². The molecule has 22 heavy (non-hydrogen) atoms. The minimum absolute atomic E-state index is 0.409. The van der Waals surface area contributed by atoms with Crippen molar-refractivity contribution in [3.63, 3.8) is 0 Å². The van der Waals surface area contributed by atoms with Gasteiger partial charge in [0.1, 0.15) is 17.7 Å². The van der Waals surface area contributed by atoms with Crippen LogP contribution in [0.25, 0.3) is 11.5 Å². The summed E-state index contributed by atoms with van der Waals surface area (Å²) in [5.74, 6) is 1.66. The molecule has 1 aromatic carbocycles. The highest BCUT2D eigenvalue weighted by molar-refractivity contribution is 6.30. The van der Waals surface area contributed by atoms with Gasteiger partial charge in [-0.2, -0.15) is 4.98 Å². The maximum Gasteiger partial charge on any atom is 0.263 e. The molecule has 1 N–H and O–H groups in total. The fourth-order valence-electron chi connectivity index (χ4n) is 2.01. The molecule has 112 valence electrons. The molecule has 0 radical (unpaired) electrons. The van der Waals surface area contributed by atoms with Crippen LogP contribution in [0.1, 0.15) is 11.4 Å². The third-order valence-corrected chi connectivity index (χ3v) is 3.34. The number of anilines is 1. The maximum atomic E-state index is 5.88. The lowest BCUT2D eigenvalue weighted by atomic mass is 10.1. The van der Waals surface area contributed by atoms with Crippen LogP contribution in [0, 0.1) is 6.92 Å². The van der Waals surface area contributed by atoms with E-state index in [1.165, 1.54) is 11.9 Å². The SMILES string of the molecule is Cc1noc(-c2cncnc2NCCc2ccc(Cl)cc2)n1. The zero-order valence-corrected chi connectivity index (χ0v) is 12.7. The molecule has 0 saturated heterocycles. The van der Waals surface area contributed by atoms with Gasteiger partial charge in [-0.15, -0.1) is 0 Å². The predicted molar refractivity (Wildman–Crippen MR) is 83.7 cm³/mol. The third-order valence-electron chi connectivity index (χ3n) is 3.09. The summed E-state index contributed by atoms with van der Waals surface area (Å²) in [7, 11) is 0. The normalized spacial score (nSPS) is 10.6. The van der Waals surface area contributed by atoms with Crippen molar-refractivity contribution in [2.24, 2.45) is 0 Å². The van der Waals surface area contributed by atoms with E-state index in [0.717, 1.165) is 18.0 Å². The first-order chi connectivity index (χ1) is 10.7. The van der Waals surface area contributed by atoms with Gasteiger partial charge in [-0.25, -0.2) is 9.97 Å². The molecule has 6 nitrogen and oxygen atoms in total. The van der Waals surface area contributed by atoms with Crippen molar-refractivity contribution in [1.82, 2.24) is 20.1 Å². The first kappa shape index (κ1) is 14.5. The van der Waals surface area contributed by atoms with Gasteiger partial charge in [-0.05, 0) is 31.0 Å². The van der Waals surface area contributed by atoms with E-state index in [1.54, 1.807) is 13.1 Å². The van der Waals surface area contributed by atoms with Crippen LogP contribution in [0.4, 0.5) is 5.82 Å². The average Bonchev–Trinajstić information content (AvgIpc) is 2.96. The summed E-state index contributed by atoms with van der Waals surface area (Å²) >= 11 is 5.88. The minimum atomic E-state index is 0.409. The zero-order valence-electron chi connectivity index (χ0n) is 12.0. The molecule has 3 rings (SSSR count). The van der Waals surface area contributed by atoms with Crippen molar-refractivity contribution in [2.45, 2.75) is 13.3 Å². The van der Waals surface area contributed by atoms with Gasteiger partial charge in [0.05, 0.1) is 0 Å². The number of rotatable bonds is 5.